The van der Waals surface area contributed by atoms with Crippen LogP contribution in [0.3, 0.4) is 0 Å². The molecule has 1 aliphatic heterocycles. The third-order valence-corrected chi connectivity index (χ3v) is 6.49. The van der Waals surface area contributed by atoms with E-state index in [2.05, 4.69) is 19.2 Å². The zero-order valence-electron chi connectivity index (χ0n) is 12.2. The van der Waals surface area contributed by atoms with E-state index in [0.717, 1.165) is 17.9 Å². The van der Waals surface area contributed by atoms with Crippen molar-refractivity contribution < 1.29 is 8.42 Å². The molecule has 0 spiro atoms. The van der Waals surface area contributed by atoms with E-state index in [0.29, 0.717) is 18.0 Å². The lowest BCUT2D eigenvalue weighted by atomic mass is 10.2. The van der Waals surface area contributed by atoms with E-state index < -0.39 is 10.0 Å². The molecule has 0 aliphatic carbocycles. The van der Waals surface area contributed by atoms with E-state index >= 15 is 0 Å². The quantitative estimate of drug-likeness (QED) is 0.922. The molecular weight excluding hydrogens is 292 g/mol. The third kappa shape index (κ3) is 3.55. The van der Waals surface area contributed by atoms with Crippen molar-refractivity contribution in [3.05, 3.63) is 29.8 Å². The van der Waals surface area contributed by atoms with Gasteiger partial charge in [-0.25, -0.2) is 8.42 Å². The topological polar surface area (TPSA) is 49.4 Å². The Balaban J connectivity index is 2.21. The van der Waals surface area contributed by atoms with E-state index in [1.54, 1.807) is 16.4 Å². The van der Waals surface area contributed by atoms with Crippen LogP contribution in [0.15, 0.2) is 29.2 Å². The number of nitrogens with zero attached hydrogens (tertiary/aromatic N) is 1. The van der Waals surface area contributed by atoms with Gasteiger partial charge in [0.15, 0.2) is 0 Å². The van der Waals surface area contributed by atoms with Gasteiger partial charge < -0.3 is 5.32 Å². The number of thioether (sulfide) groups is 1. The van der Waals surface area contributed by atoms with E-state index in [9.17, 15) is 8.42 Å². The van der Waals surface area contributed by atoms with Crippen LogP contribution in [-0.2, 0) is 16.6 Å². The summed E-state index contributed by atoms with van der Waals surface area (Å²) < 4.78 is 26.9. The maximum Gasteiger partial charge on any atom is 0.243 e. The maximum absolute atomic E-state index is 12.6. The Bertz CT molecular complexity index is 553. The Kier molecular flexibility index (Phi) is 4.79. The van der Waals surface area contributed by atoms with E-state index in [1.165, 1.54) is 0 Å². The normalized spacial score (nSPS) is 19.9. The fourth-order valence-corrected chi connectivity index (χ4v) is 5.22. The van der Waals surface area contributed by atoms with Gasteiger partial charge in [0, 0.05) is 30.1 Å². The summed E-state index contributed by atoms with van der Waals surface area (Å²) in [6.07, 6.45) is 0. The molecule has 112 valence electrons. The van der Waals surface area contributed by atoms with Crippen LogP contribution in [0.1, 0.15) is 19.4 Å². The van der Waals surface area contributed by atoms with Crippen LogP contribution < -0.4 is 5.32 Å². The molecule has 2 rings (SSSR count). The van der Waals surface area contributed by atoms with Gasteiger partial charge in [-0.05, 0) is 38.6 Å². The summed E-state index contributed by atoms with van der Waals surface area (Å²) >= 11 is 1.83. The highest BCUT2D eigenvalue weighted by molar-refractivity contribution is 8.00. The Morgan fingerprint density at radius 1 is 1.30 bits per heavy atom. The number of nitrogens with one attached hydrogen (secondary N) is 1. The fraction of sp³-hybridized carbons (Fsp3) is 0.571. The smallest absolute Gasteiger partial charge is 0.243 e. The van der Waals surface area contributed by atoms with Gasteiger partial charge in [-0.1, -0.05) is 12.1 Å². The molecule has 1 aromatic carbocycles. The molecule has 1 aromatic rings. The highest BCUT2D eigenvalue weighted by atomic mass is 32.2. The van der Waals surface area contributed by atoms with Crippen molar-refractivity contribution in [3.63, 3.8) is 0 Å². The molecule has 6 heteroatoms. The zero-order chi connectivity index (χ0) is 14.8. The second-order valence-corrected chi connectivity index (χ2v) is 9.36. The third-order valence-electron chi connectivity index (χ3n) is 3.33. The highest BCUT2D eigenvalue weighted by Gasteiger charge is 2.34. The molecule has 0 radical (unpaired) electrons. The van der Waals surface area contributed by atoms with Crippen molar-refractivity contribution in [1.82, 2.24) is 9.62 Å². The largest absolute Gasteiger partial charge is 0.316 e. The lowest BCUT2D eigenvalue weighted by molar-refractivity contribution is 0.387. The maximum atomic E-state index is 12.6. The SMILES string of the molecule is CNCc1ccc(S(=O)(=O)N2CCSC(C)(C)C2)cc1. The summed E-state index contributed by atoms with van der Waals surface area (Å²) in [5, 5.41) is 3.05. The Hall–Kier alpha value is -0.560. The minimum atomic E-state index is -3.37. The summed E-state index contributed by atoms with van der Waals surface area (Å²) in [5.41, 5.74) is 1.08. The van der Waals surface area contributed by atoms with Gasteiger partial charge in [0.25, 0.3) is 0 Å². The van der Waals surface area contributed by atoms with Gasteiger partial charge in [-0.3, -0.25) is 0 Å². The molecule has 0 bridgehead atoms. The predicted molar refractivity (Wildman–Crippen MR) is 84.5 cm³/mol. The average Bonchev–Trinajstić information content (AvgIpc) is 2.38. The van der Waals surface area contributed by atoms with Gasteiger partial charge in [-0.2, -0.15) is 16.1 Å². The van der Waals surface area contributed by atoms with Crippen molar-refractivity contribution >= 4 is 21.8 Å². The van der Waals surface area contributed by atoms with E-state index in [1.807, 2.05) is 30.9 Å². The number of rotatable bonds is 4. The van der Waals surface area contributed by atoms with Crippen molar-refractivity contribution in [2.75, 3.05) is 25.9 Å². The van der Waals surface area contributed by atoms with Crippen LogP contribution in [0.2, 0.25) is 0 Å². The van der Waals surface area contributed by atoms with E-state index in [-0.39, 0.29) is 4.75 Å². The second kappa shape index (κ2) is 6.05. The Labute approximate surface area is 126 Å². The first-order chi connectivity index (χ1) is 9.35. The van der Waals surface area contributed by atoms with Crippen molar-refractivity contribution in [3.8, 4) is 0 Å². The molecule has 0 unspecified atom stereocenters. The molecule has 0 aromatic heterocycles. The minimum absolute atomic E-state index is 0.0165. The molecule has 4 nitrogen and oxygen atoms in total. The summed E-state index contributed by atoms with van der Waals surface area (Å²) in [7, 11) is -1.49. The van der Waals surface area contributed by atoms with Crippen molar-refractivity contribution in [1.29, 1.82) is 0 Å². The molecule has 0 amide bonds. The number of hydrogen-bond donors (Lipinski definition) is 1. The molecule has 1 N–H and O–H groups in total. The minimum Gasteiger partial charge on any atom is -0.316 e. The molecular formula is C14H22N2O2S2. The highest BCUT2D eigenvalue weighted by Crippen LogP contribution is 2.32. The lowest BCUT2D eigenvalue weighted by Gasteiger charge is -2.36. The van der Waals surface area contributed by atoms with Crippen LogP contribution in [0.5, 0.6) is 0 Å². The van der Waals surface area contributed by atoms with Crippen LogP contribution in [0, 0.1) is 0 Å². The first-order valence-electron chi connectivity index (χ1n) is 6.73. The lowest BCUT2D eigenvalue weighted by Crippen LogP contribution is -2.46. The van der Waals surface area contributed by atoms with Crippen LogP contribution in [-0.4, -0.2) is 43.4 Å². The van der Waals surface area contributed by atoms with Gasteiger partial charge in [0.05, 0.1) is 4.90 Å². The molecule has 20 heavy (non-hydrogen) atoms. The molecule has 0 saturated carbocycles. The molecule has 1 fully saturated rings. The molecule has 1 aliphatic rings. The van der Waals surface area contributed by atoms with Crippen LogP contribution in [0.25, 0.3) is 0 Å². The van der Waals surface area contributed by atoms with Gasteiger partial charge in [0.2, 0.25) is 10.0 Å². The van der Waals surface area contributed by atoms with Gasteiger partial charge in [-0.15, -0.1) is 0 Å². The van der Waals surface area contributed by atoms with Gasteiger partial charge >= 0.3 is 0 Å². The standard InChI is InChI=1S/C14H22N2O2S2/c1-14(2)11-16(8-9-19-14)20(17,18)13-6-4-12(5-7-13)10-15-3/h4-7,15H,8-11H2,1-3H3. The molecule has 1 saturated heterocycles. The van der Waals surface area contributed by atoms with Crippen molar-refractivity contribution in [2.24, 2.45) is 0 Å². The Morgan fingerprint density at radius 3 is 2.50 bits per heavy atom. The number of sulfonamides is 1. The summed E-state index contributed by atoms with van der Waals surface area (Å²) in [6, 6.07) is 7.15. The van der Waals surface area contributed by atoms with E-state index in [4.69, 9.17) is 0 Å². The summed E-state index contributed by atoms with van der Waals surface area (Å²) in [6.45, 7) is 6.09. The number of benzene rings is 1. The molecule has 0 atom stereocenters. The average molecular weight is 314 g/mol. The van der Waals surface area contributed by atoms with Crippen LogP contribution >= 0.6 is 11.8 Å². The molecule has 1 heterocycles. The van der Waals surface area contributed by atoms with Gasteiger partial charge in [0.1, 0.15) is 0 Å². The van der Waals surface area contributed by atoms with Crippen LogP contribution in [0.4, 0.5) is 0 Å². The second-order valence-electron chi connectivity index (χ2n) is 5.62. The summed E-state index contributed by atoms with van der Waals surface area (Å²) in [4.78, 5) is 0.389. The fourth-order valence-electron chi connectivity index (χ4n) is 2.31. The summed E-state index contributed by atoms with van der Waals surface area (Å²) in [5.74, 6) is 0.851. The monoisotopic (exact) mass is 314 g/mol. The van der Waals surface area contributed by atoms with Crippen molar-refractivity contribution in [2.45, 2.75) is 30.0 Å². The number of hydrogen-bond acceptors (Lipinski definition) is 4. The first kappa shape index (κ1) is 15.8. The predicted octanol–water partition coefficient (Wildman–Crippen LogP) is 1.92. The zero-order valence-corrected chi connectivity index (χ0v) is 13.9. The Morgan fingerprint density at radius 2 is 1.95 bits per heavy atom. The first-order valence-corrected chi connectivity index (χ1v) is 9.15.